The van der Waals surface area contributed by atoms with Crippen molar-refractivity contribution in [3.8, 4) is 0 Å². The van der Waals surface area contributed by atoms with Gasteiger partial charge in [0.2, 0.25) is 0 Å². The van der Waals surface area contributed by atoms with E-state index >= 15 is 0 Å². The predicted octanol–water partition coefficient (Wildman–Crippen LogP) is 2.58. The number of rotatable bonds is 3. The Hall–Kier alpha value is -0.790. The van der Waals surface area contributed by atoms with E-state index in [0.717, 1.165) is 18.6 Å². The van der Waals surface area contributed by atoms with Crippen LogP contribution >= 0.6 is 0 Å². The Kier molecular flexibility index (Phi) is 4.63. The molecule has 2 nitrogen and oxygen atoms in total. The van der Waals surface area contributed by atoms with E-state index in [1.807, 2.05) is 6.92 Å². The first-order chi connectivity index (χ1) is 4.66. The fourth-order valence-corrected chi connectivity index (χ4v) is 0.620. The molecule has 58 valence electrons. The summed E-state index contributed by atoms with van der Waals surface area (Å²) in [6.07, 6.45) is 3.95. The lowest BCUT2D eigenvalue weighted by atomic mass is 10.2. The number of hydrogen-bond acceptors (Lipinski definition) is 2. The van der Waals surface area contributed by atoms with Crippen LogP contribution in [0, 0.1) is 0 Å². The Morgan fingerprint density at radius 3 is 2.40 bits per heavy atom. The van der Waals surface area contributed by atoms with Gasteiger partial charge >= 0.3 is 0 Å². The summed E-state index contributed by atoms with van der Waals surface area (Å²) >= 11 is 0. The first-order valence-electron chi connectivity index (χ1n) is 3.47. The van der Waals surface area contributed by atoms with E-state index in [2.05, 4.69) is 25.1 Å². The standard InChI is InChI=1S/C8H15NO/c1-7(2)5-4-6-8(3)9-10/h5,10H,4,6H2,1-3H3/b9-8+. The molecule has 2 heteroatoms. The minimum absolute atomic E-state index is 0.789. The summed E-state index contributed by atoms with van der Waals surface area (Å²) in [6.45, 7) is 5.94. The third-order valence-corrected chi connectivity index (χ3v) is 1.23. The molecule has 0 amide bonds. The van der Waals surface area contributed by atoms with Gasteiger partial charge in [-0.25, -0.2) is 0 Å². The molecule has 0 bridgehead atoms. The van der Waals surface area contributed by atoms with Gasteiger partial charge < -0.3 is 5.21 Å². The molecule has 0 radical (unpaired) electrons. The van der Waals surface area contributed by atoms with E-state index in [1.165, 1.54) is 5.57 Å². The van der Waals surface area contributed by atoms with E-state index in [1.54, 1.807) is 0 Å². The molecule has 0 atom stereocenters. The van der Waals surface area contributed by atoms with E-state index in [9.17, 15) is 0 Å². The molecule has 0 rings (SSSR count). The average Bonchev–Trinajstić information content (AvgIpc) is 1.87. The Morgan fingerprint density at radius 1 is 1.40 bits per heavy atom. The van der Waals surface area contributed by atoms with E-state index < -0.39 is 0 Å². The normalized spacial score (nSPS) is 11.3. The number of nitrogens with zero attached hydrogens (tertiary/aromatic N) is 1. The molecule has 10 heavy (non-hydrogen) atoms. The topological polar surface area (TPSA) is 32.6 Å². The summed E-state index contributed by atoms with van der Waals surface area (Å²) in [6, 6.07) is 0. The summed E-state index contributed by atoms with van der Waals surface area (Å²) in [5, 5.41) is 11.3. The smallest absolute Gasteiger partial charge is 0.0543 e. The third kappa shape index (κ3) is 5.35. The zero-order chi connectivity index (χ0) is 7.98. The van der Waals surface area contributed by atoms with Gasteiger partial charge in [-0.1, -0.05) is 16.8 Å². The Morgan fingerprint density at radius 2 is 2.00 bits per heavy atom. The Labute approximate surface area is 62.2 Å². The van der Waals surface area contributed by atoms with Gasteiger partial charge in [0, 0.05) is 0 Å². The molecule has 0 unspecified atom stereocenters. The van der Waals surface area contributed by atoms with Crippen LogP contribution in [-0.2, 0) is 0 Å². The zero-order valence-electron chi connectivity index (χ0n) is 6.89. The summed E-state index contributed by atoms with van der Waals surface area (Å²) in [5.41, 5.74) is 2.10. The molecule has 0 saturated carbocycles. The Bertz CT molecular complexity index is 143. The lowest BCUT2D eigenvalue weighted by Gasteiger charge is -1.92. The van der Waals surface area contributed by atoms with Crippen molar-refractivity contribution in [2.45, 2.75) is 33.6 Å². The van der Waals surface area contributed by atoms with Gasteiger partial charge in [-0.3, -0.25) is 0 Å². The molecule has 0 saturated heterocycles. The van der Waals surface area contributed by atoms with Crippen LogP contribution in [0.4, 0.5) is 0 Å². The van der Waals surface area contributed by atoms with Crippen LogP contribution < -0.4 is 0 Å². The van der Waals surface area contributed by atoms with Crippen molar-refractivity contribution in [2.24, 2.45) is 5.16 Å². The quantitative estimate of drug-likeness (QED) is 0.278. The molecule has 0 aliphatic carbocycles. The highest BCUT2D eigenvalue weighted by atomic mass is 16.4. The number of hydrogen-bond donors (Lipinski definition) is 1. The highest BCUT2D eigenvalue weighted by molar-refractivity contribution is 5.81. The highest BCUT2D eigenvalue weighted by Crippen LogP contribution is 1.98. The van der Waals surface area contributed by atoms with E-state index in [-0.39, 0.29) is 0 Å². The van der Waals surface area contributed by atoms with Gasteiger partial charge in [0.25, 0.3) is 0 Å². The summed E-state index contributed by atoms with van der Waals surface area (Å²) in [5.74, 6) is 0. The van der Waals surface area contributed by atoms with Gasteiger partial charge in [0.05, 0.1) is 5.71 Å². The van der Waals surface area contributed by atoms with Crippen molar-refractivity contribution in [1.82, 2.24) is 0 Å². The van der Waals surface area contributed by atoms with Crippen LogP contribution in [0.2, 0.25) is 0 Å². The fourth-order valence-electron chi connectivity index (χ4n) is 0.620. The maximum absolute atomic E-state index is 8.27. The summed E-state index contributed by atoms with van der Waals surface area (Å²) < 4.78 is 0. The van der Waals surface area contributed by atoms with Crippen molar-refractivity contribution >= 4 is 5.71 Å². The summed E-state index contributed by atoms with van der Waals surface area (Å²) in [4.78, 5) is 0. The third-order valence-electron chi connectivity index (χ3n) is 1.23. The molecule has 0 fully saturated rings. The minimum Gasteiger partial charge on any atom is -0.411 e. The first kappa shape index (κ1) is 9.21. The number of oxime groups is 1. The maximum atomic E-state index is 8.27. The molecule has 0 spiro atoms. The predicted molar refractivity (Wildman–Crippen MR) is 43.6 cm³/mol. The second-order valence-electron chi connectivity index (χ2n) is 2.66. The van der Waals surface area contributed by atoms with Crippen LogP contribution in [-0.4, -0.2) is 10.9 Å². The van der Waals surface area contributed by atoms with E-state index in [4.69, 9.17) is 5.21 Å². The van der Waals surface area contributed by atoms with Crippen molar-refractivity contribution < 1.29 is 5.21 Å². The van der Waals surface area contributed by atoms with Crippen molar-refractivity contribution in [3.63, 3.8) is 0 Å². The fraction of sp³-hybridized carbons (Fsp3) is 0.625. The Balaban J connectivity index is 3.47. The van der Waals surface area contributed by atoms with Gasteiger partial charge in [-0.2, -0.15) is 0 Å². The van der Waals surface area contributed by atoms with Gasteiger partial charge in [-0.05, 0) is 33.6 Å². The van der Waals surface area contributed by atoms with Crippen LogP contribution in [0.15, 0.2) is 16.8 Å². The van der Waals surface area contributed by atoms with E-state index in [0.29, 0.717) is 0 Å². The average molecular weight is 141 g/mol. The van der Waals surface area contributed by atoms with Crippen molar-refractivity contribution in [1.29, 1.82) is 0 Å². The molecule has 0 heterocycles. The first-order valence-corrected chi connectivity index (χ1v) is 3.47. The molecule has 0 aliphatic heterocycles. The van der Waals surface area contributed by atoms with Crippen LogP contribution in [0.3, 0.4) is 0 Å². The molecule has 0 aromatic carbocycles. The molecule has 0 aliphatic rings. The van der Waals surface area contributed by atoms with Gasteiger partial charge in [0.1, 0.15) is 0 Å². The van der Waals surface area contributed by atoms with Crippen molar-refractivity contribution in [3.05, 3.63) is 11.6 Å². The van der Waals surface area contributed by atoms with Crippen LogP contribution in [0.25, 0.3) is 0 Å². The second kappa shape index (κ2) is 5.03. The lowest BCUT2D eigenvalue weighted by Crippen LogP contribution is -1.88. The van der Waals surface area contributed by atoms with Gasteiger partial charge in [-0.15, -0.1) is 0 Å². The molecular weight excluding hydrogens is 126 g/mol. The molecule has 0 aromatic rings. The second-order valence-corrected chi connectivity index (χ2v) is 2.66. The SMILES string of the molecule is CC(C)=CCC/C(C)=N/O. The van der Waals surface area contributed by atoms with Crippen LogP contribution in [0.1, 0.15) is 33.6 Å². The van der Waals surface area contributed by atoms with Gasteiger partial charge in [0.15, 0.2) is 0 Å². The highest BCUT2D eigenvalue weighted by Gasteiger charge is 1.88. The molecular formula is C8H15NO. The molecule has 1 N–H and O–H groups in total. The monoisotopic (exact) mass is 141 g/mol. The minimum atomic E-state index is 0.789. The van der Waals surface area contributed by atoms with Crippen LogP contribution in [0.5, 0.6) is 0 Å². The molecule has 0 aromatic heterocycles. The largest absolute Gasteiger partial charge is 0.411 e. The maximum Gasteiger partial charge on any atom is 0.0543 e. The zero-order valence-corrected chi connectivity index (χ0v) is 6.89. The number of allylic oxidation sites excluding steroid dienone is 2. The lowest BCUT2D eigenvalue weighted by molar-refractivity contribution is 0.317. The summed E-state index contributed by atoms with van der Waals surface area (Å²) in [7, 11) is 0. The van der Waals surface area contributed by atoms with Crippen molar-refractivity contribution in [2.75, 3.05) is 0 Å².